The van der Waals surface area contributed by atoms with E-state index in [1.165, 1.54) is 0 Å². The Labute approximate surface area is 128 Å². The number of ketones is 1. The fraction of sp³-hybridized carbons (Fsp3) is 0.222. The number of anilines is 1. The Hall–Kier alpha value is -2.62. The van der Waals surface area contributed by atoms with Gasteiger partial charge in [0.15, 0.2) is 5.66 Å². The van der Waals surface area contributed by atoms with Crippen molar-refractivity contribution in [1.82, 2.24) is 5.32 Å². The normalized spacial score (nSPS) is 29.3. The van der Waals surface area contributed by atoms with Crippen molar-refractivity contribution in [1.29, 1.82) is 0 Å². The molecule has 2 atom stereocenters. The average Bonchev–Trinajstić information content (AvgIpc) is 2.89. The van der Waals surface area contributed by atoms with Crippen LogP contribution in [0.2, 0.25) is 0 Å². The van der Waals surface area contributed by atoms with Crippen molar-refractivity contribution in [2.75, 3.05) is 11.9 Å². The van der Waals surface area contributed by atoms with Crippen LogP contribution in [-0.4, -0.2) is 18.7 Å². The SMILES string of the molecule is CN1c2ccccc2[C@@]2(C)C(=O)C(=O)N[C@@]12c1ccccc1. The van der Waals surface area contributed by atoms with Crippen molar-refractivity contribution >= 4 is 17.4 Å². The maximum absolute atomic E-state index is 12.8. The molecule has 0 spiro atoms. The fourth-order valence-electron chi connectivity index (χ4n) is 4.08. The van der Waals surface area contributed by atoms with Crippen LogP contribution in [0.1, 0.15) is 18.1 Å². The molecule has 0 saturated carbocycles. The van der Waals surface area contributed by atoms with Crippen LogP contribution in [0.3, 0.4) is 0 Å². The first-order chi connectivity index (χ1) is 10.5. The second-order valence-electron chi connectivity index (χ2n) is 6.06. The predicted molar refractivity (Wildman–Crippen MR) is 83.5 cm³/mol. The number of benzene rings is 2. The Morgan fingerprint density at radius 3 is 2.32 bits per heavy atom. The number of carbonyl (C=O) groups excluding carboxylic acids is 2. The largest absolute Gasteiger partial charge is 0.347 e. The minimum absolute atomic E-state index is 0.381. The van der Waals surface area contributed by atoms with Crippen molar-refractivity contribution in [2.24, 2.45) is 0 Å². The zero-order valence-corrected chi connectivity index (χ0v) is 12.5. The first-order valence-electron chi connectivity index (χ1n) is 7.29. The Balaban J connectivity index is 2.09. The molecule has 1 amide bonds. The molecular weight excluding hydrogens is 276 g/mol. The number of likely N-dealkylation sites (N-methyl/N-ethyl adjacent to an activating group) is 1. The third-order valence-corrected chi connectivity index (χ3v) is 5.18. The smallest absolute Gasteiger partial charge is 0.290 e. The van der Waals surface area contributed by atoms with E-state index in [0.717, 1.165) is 16.8 Å². The van der Waals surface area contributed by atoms with Gasteiger partial charge in [-0.1, -0.05) is 48.5 Å². The third-order valence-electron chi connectivity index (χ3n) is 5.18. The van der Waals surface area contributed by atoms with Gasteiger partial charge in [-0.25, -0.2) is 0 Å². The number of nitrogens with zero attached hydrogens (tertiary/aromatic N) is 1. The van der Waals surface area contributed by atoms with E-state index in [1.807, 2.05) is 73.5 Å². The highest BCUT2D eigenvalue weighted by Crippen LogP contribution is 2.57. The lowest BCUT2D eigenvalue weighted by Gasteiger charge is -2.41. The summed E-state index contributed by atoms with van der Waals surface area (Å²) in [6.07, 6.45) is 0. The summed E-state index contributed by atoms with van der Waals surface area (Å²) in [4.78, 5) is 27.0. The molecule has 2 aromatic carbocycles. The summed E-state index contributed by atoms with van der Waals surface area (Å²) in [6.45, 7) is 1.86. The lowest BCUT2D eigenvalue weighted by molar-refractivity contribution is -0.137. The number of carbonyl (C=O) groups is 2. The maximum atomic E-state index is 12.8. The molecule has 0 aliphatic carbocycles. The number of Topliss-reactive ketones (excluding diaryl/α,β-unsaturated/α-hetero) is 1. The Kier molecular flexibility index (Phi) is 2.36. The summed E-state index contributed by atoms with van der Waals surface area (Å²) in [7, 11) is 1.93. The van der Waals surface area contributed by atoms with Crippen LogP contribution in [-0.2, 0) is 20.7 Å². The molecule has 2 aromatic rings. The molecule has 1 N–H and O–H groups in total. The number of rotatable bonds is 1. The Morgan fingerprint density at radius 1 is 0.955 bits per heavy atom. The molecule has 2 heterocycles. The molecule has 2 aliphatic heterocycles. The topological polar surface area (TPSA) is 49.4 Å². The summed E-state index contributed by atoms with van der Waals surface area (Å²) in [5.74, 6) is -0.902. The Morgan fingerprint density at radius 2 is 1.59 bits per heavy atom. The minimum atomic E-state index is -0.934. The van der Waals surface area contributed by atoms with E-state index in [-0.39, 0.29) is 5.78 Å². The second kappa shape index (κ2) is 3.97. The van der Waals surface area contributed by atoms with Gasteiger partial charge in [-0.3, -0.25) is 9.59 Å². The summed E-state index contributed by atoms with van der Waals surface area (Å²) in [5, 5.41) is 2.97. The van der Waals surface area contributed by atoms with E-state index in [2.05, 4.69) is 5.32 Å². The van der Waals surface area contributed by atoms with E-state index in [9.17, 15) is 9.59 Å². The number of fused-ring (bicyclic) bond motifs is 3. The predicted octanol–water partition coefficient (Wildman–Crippen LogP) is 1.95. The third kappa shape index (κ3) is 1.20. The van der Waals surface area contributed by atoms with Crippen molar-refractivity contribution in [3.05, 3.63) is 65.7 Å². The summed E-state index contributed by atoms with van der Waals surface area (Å²) >= 11 is 0. The first-order valence-corrected chi connectivity index (χ1v) is 7.29. The van der Waals surface area contributed by atoms with Crippen LogP contribution in [0.4, 0.5) is 5.69 Å². The fourth-order valence-corrected chi connectivity index (χ4v) is 4.08. The molecular formula is C18H16N2O2. The van der Waals surface area contributed by atoms with Gasteiger partial charge in [0.1, 0.15) is 5.41 Å². The molecule has 0 bridgehead atoms. The number of para-hydroxylation sites is 1. The van der Waals surface area contributed by atoms with Crippen LogP contribution in [0.5, 0.6) is 0 Å². The molecule has 0 aromatic heterocycles. The van der Waals surface area contributed by atoms with Crippen LogP contribution in [0.15, 0.2) is 54.6 Å². The summed E-state index contributed by atoms with van der Waals surface area (Å²) in [6, 6.07) is 17.5. The zero-order chi connectivity index (χ0) is 15.5. The molecule has 1 fully saturated rings. The number of hydrogen-bond acceptors (Lipinski definition) is 3. The van der Waals surface area contributed by atoms with E-state index in [0.29, 0.717) is 0 Å². The minimum Gasteiger partial charge on any atom is -0.347 e. The highest BCUT2D eigenvalue weighted by Gasteiger charge is 2.69. The number of nitrogens with one attached hydrogen (secondary N) is 1. The monoisotopic (exact) mass is 292 g/mol. The van der Waals surface area contributed by atoms with Gasteiger partial charge in [-0.2, -0.15) is 0 Å². The first kappa shape index (κ1) is 13.1. The molecule has 0 unspecified atom stereocenters. The molecule has 4 nitrogen and oxygen atoms in total. The van der Waals surface area contributed by atoms with Gasteiger partial charge in [0.2, 0.25) is 5.78 Å². The van der Waals surface area contributed by atoms with E-state index in [4.69, 9.17) is 0 Å². The average molecular weight is 292 g/mol. The lowest BCUT2D eigenvalue weighted by Crippen LogP contribution is -2.58. The second-order valence-corrected chi connectivity index (χ2v) is 6.06. The molecule has 1 saturated heterocycles. The Bertz CT molecular complexity index is 802. The molecule has 4 rings (SSSR count). The van der Waals surface area contributed by atoms with Crippen molar-refractivity contribution in [2.45, 2.75) is 18.0 Å². The van der Waals surface area contributed by atoms with Crippen LogP contribution < -0.4 is 10.2 Å². The quantitative estimate of drug-likeness (QED) is 0.817. The standard InChI is InChI=1S/C18H16N2O2/c1-17-13-10-6-7-11-14(13)20(2)18(17,19-16(22)15(17)21)12-8-4-3-5-9-12/h3-11H,1-2H3,(H,19,22)/t17-,18-/m0/s1. The van der Waals surface area contributed by atoms with Gasteiger partial charge < -0.3 is 10.2 Å². The summed E-state index contributed by atoms with van der Waals surface area (Å²) < 4.78 is 0. The van der Waals surface area contributed by atoms with Crippen molar-refractivity contribution in [3.8, 4) is 0 Å². The van der Waals surface area contributed by atoms with Crippen LogP contribution in [0, 0.1) is 0 Å². The van der Waals surface area contributed by atoms with E-state index in [1.54, 1.807) is 0 Å². The van der Waals surface area contributed by atoms with E-state index >= 15 is 0 Å². The van der Waals surface area contributed by atoms with E-state index < -0.39 is 17.0 Å². The number of hydrogen-bond donors (Lipinski definition) is 1. The maximum Gasteiger partial charge on any atom is 0.290 e. The molecule has 22 heavy (non-hydrogen) atoms. The van der Waals surface area contributed by atoms with Crippen molar-refractivity contribution < 1.29 is 9.59 Å². The van der Waals surface area contributed by atoms with Crippen molar-refractivity contribution in [3.63, 3.8) is 0 Å². The molecule has 110 valence electrons. The highest BCUT2D eigenvalue weighted by molar-refractivity contribution is 6.43. The van der Waals surface area contributed by atoms with Gasteiger partial charge in [-0.05, 0) is 24.1 Å². The lowest BCUT2D eigenvalue weighted by atomic mass is 9.71. The number of amides is 1. The van der Waals surface area contributed by atoms with Crippen LogP contribution >= 0.6 is 0 Å². The van der Waals surface area contributed by atoms with Gasteiger partial charge in [0.05, 0.1) is 0 Å². The molecule has 2 aliphatic rings. The van der Waals surface area contributed by atoms with Gasteiger partial charge >= 0.3 is 0 Å². The zero-order valence-electron chi connectivity index (χ0n) is 12.5. The van der Waals surface area contributed by atoms with Gasteiger partial charge in [-0.15, -0.1) is 0 Å². The van der Waals surface area contributed by atoms with Gasteiger partial charge in [0, 0.05) is 12.7 Å². The molecule has 0 radical (unpaired) electrons. The highest BCUT2D eigenvalue weighted by atomic mass is 16.2. The summed E-state index contributed by atoms with van der Waals surface area (Å²) in [5.41, 5.74) is 0.977. The molecule has 4 heteroatoms. The van der Waals surface area contributed by atoms with Crippen LogP contribution in [0.25, 0.3) is 0 Å². The van der Waals surface area contributed by atoms with Gasteiger partial charge in [0.25, 0.3) is 5.91 Å².